The quantitative estimate of drug-likeness (QED) is 0.570. The fourth-order valence-electron chi connectivity index (χ4n) is 1.55. The minimum absolute atomic E-state index is 0.293. The van der Waals surface area contributed by atoms with Crippen LogP contribution < -0.4 is 0 Å². The Morgan fingerprint density at radius 2 is 1.47 bits per heavy atom. The first kappa shape index (κ1) is 12.3. The molecule has 1 saturated carbocycles. The van der Waals surface area contributed by atoms with E-state index in [0.717, 1.165) is 5.92 Å². The van der Waals surface area contributed by atoms with E-state index in [2.05, 4.69) is 58.0 Å². The Balaban J connectivity index is 0.000000187. The lowest BCUT2D eigenvalue weighted by molar-refractivity contribution is 0.346. The first-order valence-electron chi connectivity index (χ1n) is 6.05. The van der Waals surface area contributed by atoms with Gasteiger partial charge in [0.15, 0.2) is 0 Å². The third-order valence-electron chi connectivity index (χ3n) is 3.03. The Morgan fingerprint density at radius 3 is 1.67 bits per heavy atom. The molecule has 1 aromatic carbocycles. The summed E-state index contributed by atoms with van der Waals surface area (Å²) in [6, 6.07) is 10.6. The highest BCUT2D eigenvalue weighted by atomic mass is 14.2. The highest BCUT2D eigenvalue weighted by Crippen LogP contribution is 2.24. The zero-order valence-electron chi connectivity index (χ0n) is 10.6. The van der Waals surface area contributed by atoms with Gasteiger partial charge in [-0.05, 0) is 16.9 Å². The van der Waals surface area contributed by atoms with E-state index in [4.69, 9.17) is 0 Å². The second-order valence-electron chi connectivity index (χ2n) is 5.65. The second-order valence-corrected chi connectivity index (χ2v) is 5.65. The third kappa shape index (κ3) is 4.51. The van der Waals surface area contributed by atoms with E-state index in [1.807, 2.05) is 0 Å². The molecule has 1 aliphatic carbocycles. The van der Waals surface area contributed by atoms with Crippen LogP contribution in [0.1, 0.15) is 52.5 Å². The van der Waals surface area contributed by atoms with Crippen LogP contribution >= 0.6 is 0 Å². The van der Waals surface area contributed by atoms with E-state index in [1.165, 1.54) is 24.8 Å². The van der Waals surface area contributed by atoms with Crippen LogP contribution in [0.4, 0.5) is 0 Å². The summed E-state index contributed by atoms with van der Waals surface area (Å²) >= 11 is 0. The van der Waals surface area contributed by atoms with Crippen molar-refractivity contribution in [1.29, 1.82) is 0 Å². The van der Waals surface area contributed by atoms with Crippen LogP contribution in [-0.4, -0.2) is 0 Å². The summed E-state index contributed by atoms with van der Waals surface area (Å²) in [6.07, 6.45) is 4.46. The van der Waals surface area contributed by atoms with Crippen molar-refractivity contribution in [2.45, 2.75) is 52.4 Å². The van der Waals surface area contributed by atoms with Crippen molar-refractivity contribution < 1.29 is 0 Å². The molecule has 0 aromatic heterocycles. The molecule has 0 aliphatic heterocycles. The number of hydrogen-bond donors (Lipinski definition) is 0. The van der Waals surface area contributed by atoms with Crippen molar-refractivity contribution in [1.82, 2.24) is 0 Å². The van der Waals surface area contributed by atoms with E-state index < -0.39 is 0 Å². The Morgan fingerprint density at radius 1 is 1.00 bits per heavy atom. The summed E-state index contributed by atoms with van der Waals surface area (Å²) in [5.74, 6) is 1.06. The normalized spacial score (nSPS) is 16.3. The predicted octanol–water partition coefficient (Wildman–Crippen LogP) is 4.79. The SMILES string of the molecule is CC(C)(C)c1ccccc1.CC1CCC1. The largest absolute Gasteiger partial charge is 0.0625 e. The average Bonchev–Trinajstić information content (AvgIpc) is 2.16. The first-order chi connectivity index (χ1) is 7.00. The maximum Gasteiger partial charge on any atom is -0.0132 e. The van der Waals surface area contributed by atoms with Crippen molar-refractivity contribution in [2.24, 2.45) is 5.92 Å². The zero-order valence-corrected chi connectivity index (χ0v) is 10.6. The van der Waals surface area contributed by atoms with E-state index in [1.54, 1.807) is 0 Å². The molecule has 0 N–H and O–H groups in total. The number of benzene rings is 1. The minimum Gasteiger partial charge on any atom is -0.0625 e. The van der Waals surface area contributed by atoms with Gasteiger partial charge < -0.3 is 0 Å². The third-order valence-corrected chi connectivity index (χ3v) is 3.03. The van der Waals surface area contributed by atoms with Crippen molar-refractivity contribution in [2.75, 3.05) is 0 Å². The van der Waals surface area contributed by atoms with Gasteiger partial charge in [0.2, 0.25) is 0 Å². The van der Waals surface area contributed by atoms with Crippen LogP contribution in [0.15, 0.2) is 30.3 Å². The summed E-state index contributed by atoms with van der Waals surface area (Å²) in [6.45, 7) is 8.98. The lowest BCUT2D eigenvalue weighted by atomic mass is 9.87. The van der Waals surface area contributed by atoms with Gasteiger partial charge in [-0.3, -0.25) is 0 Å². The molecule has 84 valence electrons. The van der Waals surface area contributed by atoms with Gasteiger partial charge in [-0.2, -0.15) is 0 Å². The van der Waals surface area contributed by atoms with Gasteiger partial charge in [0, 0.05) is 0 Å². The van der Waals surface area contributed by atoms with Crippen molar-refractivity contribution in [3.63, 3.8) is 0 Å². The molecule has 0 bridgehead atoms. The highest BCUT2D eigenvalue weighted by Gasteiger charge is 2.11. The van der Waals surface area contributed by atoms with Gasteiger partial charge in [0.25, 0.3) is 0 Å². The van der Waals surface area contributed by atoms with Crippen LogP contribution in [0.3, 0.4) is 0 Å². The molecule has 0 nitrogen and oxygen atoms in total. The lowest BCUT2D eigenvalue weighted by Crippen LogP contribution is -2.10. The molecule has 1 aliphatic rings. The number of rotatable bonds is 0. The summed E-state index contributed by atoms with van der Waals surface area (Å²) in [7, 11) is 0. The topological polar surface area (TPSA) is 0 Å². The summed E-state index contributed by atoms with van der Waals surface area (Å²) < 4.78 is 0. The molecular weight excluding hydrogens is 180 g/mol. The fraction of sp³-hybridized carbons (Fsp3) is 0.600. The summed E-state index contributed by atoms with van der Waals surface area (Å²) in [5.41, 5.74) is 1.69. The highest BCUT2D eigenvalue weighted by molar-refractivity contribution is 5.21. The van der Waals surface area contributed by atoms with E-state index in [9.17, 15) is 0 Å². The van der Waals surface area contributed by atoms with Crippen LogP contribution in [0.2, 0.25) is 0 Å². The first-order valence-corrected chi connectivity index (χ1v) is 6.05. The molecule has 0 radical (unpaired) electrons. The van der Waals surface area contributed by atoms with E-state index in [0.29, 0.717) is 5.41 Å². The van der Waals surface area contributed by atoms with Gasteiger partial charge in [0.1, 0.15) is 0 Å². The maximum atomic E-state index is 2.31. The molecule has 0 spiro atoms. The maximum absolute atomic E-state index is 2.31. The standard InChI is InChI=1S/C10H14.C5H10/c1-10(2,3)9-7-5-4-6-8-9;1-5-3-2-4-5/h4-8H,1-3H3;5H,2-4H2,1H3. The summed E-state index contributed by atoms with van der Waals surface area (Å²) in [4.78, 5) is 0. The van der Waals surface area contributed by atoms with Crippen molar-refractivity contribution in [3.8, 4) is 0 Å². The van der Waals surface area contributed by atoms with Gasteiger partial charge in [-0.1, -0.05) is 77.3 Å². The lowest BCUT2D eigenvalue weighted by Gasteiger charge is -2.18. The van der Waals surface area contributed by atoms with Gasteiger partial charge in [0.05, 0.1) is 0 Å². The second kappa shape index (κ2) is 5.34. The molecule has 0 atom stereocenters. The molecule has 0 unspecified atom stereocenters. The summed E-state index contributed by atoms with van der Waals surface area (Å²) in [5, 5.41) is 0. The smallest absolute Gasteiger partial charge is 0.0132 e. The van der Waals surface area contributed by atoms with Crippen LogP contribution in [0, 0.1) is 5.92 Å². The molecular formula is C15H24. The molecule has 1 aromatic rings. The van der Waals surface area contributed by atoms with Gasteiger partial charge in [-0.25, -0.2) is 0 Å². The Kier molecular flexibility index (Phi) is 4.38. The van der Waals surface area contributed by atoms with E-state index in [-0.39, 0.29) is 0 Å². The molecule has 0 saturated heterocycles. The minimum atomic E-state index is 0.293. The number of hydrogen-bond acceptors (Lipinski definition) is 0. The monoisotopic (exact) mass is 204 g/mol. The molecule has 0 amide bonds. The van der Waals surface area contributed by atoms with Crippen molar-refractivity contribution in [3.05, 3.63) is 35.9 Å². The zero-order chi connectivity index (χ0) is 11.3. The average molecular weight is 204 g/mol. The fourth-order valence-corrected chi connectivity index (χ4v) is 1.55. The van der Waals surface area contributed by atoms with E-state index >= 15 is 0 Å². The Hall–Kier alpha value is -0.780. The van der Waals surface area contributed by atoms with Crippen LogP contribution in [0.25, 0.3) is 0 Å². The Bertz CT molecular complexity index is 262. The predicted molar refractivity (Wildman–Crippen MR) is 68.2 cm³/mol. The molecule has 0 heteroatoms. The van der Waals surface area contributed by atoms with Gasteiger partial charge >= 0.3 is 0 Å². The van der Waals surface area contributed by atoms with Crippen LogP contribution in [0.5, 0.6) is 0 Å². The molecule has 0 heterocycles. The Labute approximate surface area is 94.7 Å². The molecule has 2 rings (SSSR count). The van der Waals surface area contributed by atoms with Gasteiger partial charge in [-0.15, -0.1) is 0 Å². The van der Waals surface area contributed by atoms with Crippen molar-refractivity contribution >= 4 is 0 Å². The molecule has 15 heavy (non-hydrogen) atoms. The van der Waals surface area contributed by atoms with Crippen LogP contribution in [-0.2, 0) is 5.41 Å². The molecule has 1 fully saturated rings.